The summed E-state index contributed by atoms with van der Waals surface area (Å²) in [5.41, 5.74) is 5.50. The lowest BCUT2D eigenvalue weighted by atomic mass is 10.3. The van der Waals surface area contributed by atoms with Gasteiger partial charge in [0.2, 0.25) is 10.0 Å². The number of nitrogens with one attached hydrogen (secondary N) is 1. The SMILES string of the molecule is CC(CS(C)(=O)=O)NS(=O)(=O)c1cc(N)ccc1F. The maximum atomic E-state index is 13.5. The van der Waals surface area contributed by atoms with Gasteiger partial charge in [0.05, 0.1) is 5.75 Å². The van der Waals surface area contributed by atoms with Crippen molar-refractivity contribution in [1.82, 2.24) is 4.72 Å². The molecule has 0 heterocycles. The Labute approximate surface area is 111 Å². The highest BCUT2D eigenvalue weighted by atomic mass is 32.2. The number of sulfone groups is 1. The molecule has 0 spiro atoms. The van der Waals surface area contributed by atoms with E-state index in [1.165, 1.54) is 13.0 Å². The Bertz CT molecular complexity index is 671. The van der Waals surface area contributed by atoms with Gasteiger partial charge in [-0.05, 0) is 25.1 Å². The van der Waals surface area contributed by atoms with Gasteiger partial charge in [-0.25, -0.2) is 25.9 Å². The molecule has 6 nitrogen and oxygen atoms in total. The summed E-state index contributed by atoms with van der Waals surface area (Å²) in [6, 6.07) is 2.27. The Morgan fingerprint density at radius 2 is 1.89 bits per heavy atom. The lowest BCUT2D eigenvalue weighted by Gasteiger charge is -2.14. The molecular weight excluding hydrogens is 295 g/mol. The Balaban J connectivity index is 3.02. The second kappa shape index (κ2) is 5.43. The number of nitrogens with two attached hydrogens (primary N) is 1. The summed E-state index contributed by atoms with van der Waals surface area (Å²) in [5, 5.41) is 0. The molecule has 9 heteroatoms. The average molecular weight is 310 g/mol. The molecular formula is C10H15FN2O4S2. The molecule has 1 rings (SSSR count). The molecule has 1 aromatic rings. The summed E-state index contributed by atoms with van der Waals surface area (Å²) in [5.74, 6) is -1.33. The molecule has 0 radical (unpaired) electrons. The topological polar surface area (TPSA) is 106 Å². The minimum atomic E-state index is -4.15. The van der Waals surface area contributed by atoms with E-state index in [0.29, 0.717) is 0 Å². The Hall–Kier alpha value is -1.19. The summed E-state index contributed by atoms with van der Waals surface area (Å²) in [4.78, 5) is -0.604. The van der Waals surface area contributed by atoms with Gasteiger partial charge in [0.15, 0.2) is 0 Å². The first-order valence-corrected chi connectivity index (χ1v) is 8.81. The fourth-order valence-electron chi connectivity index (χ4n) is 1.54. The fourth-order valence-corrected chi connectivity index (χ4v) is 4.00. The van der Waals surface area contributed by atoms with Crippen molar-refractivity contribution in [2.75, 3.05) is 17.7 Å². The van der Waals surface area contributed by atoms with Crippen LogP contribution in [0.2, 0.25) is 0 Å². The summed E-state index contributed by atoms with van der Waals surface area (Å²) in [6.07, 6.45) is 0.985. The Morgan fingerprint density at radius 3 is 2.42 bits per heavy atom. The number of rotatable bonds is 5. The Kier molecular flexibility index (Phi) is 4.54. The average Bonchev–Trinajstić information content (AvgIpc) is 2.17. The summed E-state index contributed by atoms with van der Waals surface area (Å²) in [7, 11) is -7.50. The van der Waals surface area contributed by atoms with E-state index in [1.54, 1.807) is 0 Å². The molecule has 0 saturated heterocycles. The van der Waals surface area contributed by atoms with Gasteiger partial charge in [0, 0.05) is 18.0 Å². The molecule has 1 aromatic carbocycles. The number of sulfonamides is 1. The monoisotopic (exact) mass is 310 g/mol. The quantitative estimate of drug-likeness (QED) is 0.751. The van der Waals surface area contributed by atoms with Crippen LogP contribution >= 0.6 is 0 Å². The Morgan fingerprint density at radius 1 is 1.32 bits per heavy atom. The van der Waals surface area contributed by atoms with Gasteiger partial charge in [-0.1, -0.05) is 0 Å². The van der Waals surface area contributed by atoms with Crippen LogP contribution in [-0.4, -0.2) is 34.9 Å². The number of anilines is 1. The van der Waals surface area contributed by atoms with Crippen LogP contribution in [0, 0.1) is 5.82 Å². The van der Waals surface area contributed by atoms with Crippen molar-refractivity contribution in [2.24, 2.45) is 0 Å². The molecule has 0 saturated carbocycles. The predicted molar refractivity (Wildman–Crippen MR) is 70.3 cm³/mol. The third kappa shape index (κ3) is 4.77. The van der Waals surface area contributed by atoms with Crippen LogP contribution in [0.4, 0.5) is 10.1 Å². The highest BCUT2D eigenvalue weighted by Gasteiger charge is 2.23. The summed E-state index contributed by atoms with van der Waals surface area (Å²) in [6.45, 7) is 1.38. The molecule has 0 aliphatic rings. The number of nitrogen functional groups attached to an aromatic ring is 1. The largest absolute Gasteiger partial charge is 0.399 e. The highest BCUT2D eigenvalue weighted by molar-refractivity contribution is 7.91. The van der Waals surface area contributed by atoms with E-state index < -0.39 is 36.6 Å². The van der Waals surface area contributed by atoms with Gasteiger partial charge in [0.25, 0.3) is 0 Å². The van der Waals surface area contributed by atoms with E-state index in [1.807, 2.05) is 0 Å². The van der Waals surface area contributed by atoms with Crippen LogP contribution in [-0.2, 0) is 19.9 Å². The molecule has 0 aromatic heterocycles. The number of hydrogen-bond acceptors (Lipinski definition) is 5. The zero-order chi connectivity index (χ0) is 14.8. The van der Waals surface area contributed by atoms with Crippen LogP contribution in [0.15, 0.2) is 23.1 Å². The number of halogens is 1. The van der Waals surface area contributed by atoms with Crippen molar-refractivity contribution in [1.29, 1.82) is 0 Å². The van der Waals surface area contributed by atoms with Crippen LogP contribution < -0.4 is 10.5 Å². The van der Waals surface area contributed by atoms with E-state index in [2.05, 4.69) is 4.72 Å². The molecule has 0 bridgehead atoms. The van der Waals surface area contributed by atoms with Crippen molar-refractivity contribution in [2.45, 2.75) is 17.9 Å². The lowest BCUT2D eigenvalue weighted by Crippen LogP contribution is -2.37. The highest BCUT2D eigenvalue weighted by Crippen LogP contribution is 2.17. The fraction of sp³-hybridized carbons (Fsp3) is 0.400. The molecule has 0 aliphatic carbocycles. The molecule has 19 heavy (non-hydrogen) atoms. The van der Waals surface area contributed by atoms with Gasteiger partial charge < -0.3 is 5.73 Å². The van der Waals surface area contributed by atoms with E-state index in [9.17, 15) is 21.2 Å². The standard InChI is InChI=1S/C10H15FN2O4S2/c1-7(6-18(2,14)15)13-19(16,17)10-5-8(12)3-4-9(10)11/h3-5,7,13H,6,12H2,1-2H3. The molecule has 0 amide bonds. The maximum absolute atomic E-state index is 13.5. The van der Waals surface area contributed by atoms with Crippen molar-refractivity contribution >= 4 is 25.5 Å². The molecule has 1 atom stereocenters. The maximum Gasteiger partial charge on any atom is 0.243 e. The van der Waals surface area contributed by atoms with Gasteiger partial charge in [-0.3, -0.25) is 0 Å². The van der Waals surface area contributed by atoms with Crippen molar-refractivity contribution < 1.29 is 21.2 Å². The second-order valence-electron chi connectivity index (χ2n) is 4.30. The predicted octanol–water partition coefficient (Wildman–Crippen LogP) is 0.119. The zero-order valence-electron chi connectivity index (χ0n) is 10.4. The minimum absolute atomic E-state index is 0.0949. The first-order chi connectivity index (χ1) is 8.51. The number of benzene rings is 1. The molecule has 0 fully saturated rings. The van der Waals surface area contributed by atoms with Crippen LogP contribution in [0.3, 0.4) is 0 Å². The van der Waals surface area contributed by atoms with Gasteiger partial charge in [-0.15, -0.1) is 0 Å². The van der Waals surface area contributed by atoms with Crippen molar-refractivity contribution in [3.63, 3.8) is 0 Å². The van der Waals surface area contributed by atoms with Gasteiger partial charge in [-0.2, -0.15) is 0 Å². The van der Waals surface area contributed by atoms with Gasteiger partial charge >= 0.3 is 0 Å². The minimum Gasteiger partial charge on any atom is -0.399 e. The number of hydrogen-bond donors (Lipinski definition) is 2. The van der Waals surface area contributed by atoms with Crippen molar-refractivity contribution in [3.8, 4) is 0 Å². The molecule has 0 aliphatic heterocycles. The lowest BCUT2D eigenvalue weighted by molar-refractivity contribution is 0.547. The van der Waals surface area contributed by atoms with E-state index >= 15 is 0 Å². The van der Waals surface area contributed by atoms with E-state index in [4.69, 9.17) is 5.73 Å². The summed E-state index contributed by atoms with van der Waals surface area (Å²) < 4.78 is 61.5. The van der Waals surface area contributed by atoms with Crippen LogP contribution in [0.1, 0.15) is 6.92 Å². The molecule has 3 N–H and O–H groups in total. The van der Waals surface area contributed by atoms with E-state index in [0.717, 1.165) is 18.4 Å². The molecule has 1 unspecified atom stereocenters. The first kappa shape index (κ1) is 15.9. The van der Waals surface area contributed by atoms with E-state index in [-0.39, 0.29) is 11.4 Å². The third-order valence-corrected chi connectivity index (χ3v) is 4.86. The van der Waals surface area contributed by atoms with Crippen molar-refractivity contribution in [3.05, 3.63) is 24.0 Å². The molecule has 108 valence electrons. The van der Waals surface area contributed by atoms with Gasteiger partial charge in [0.1, 0.15) is 20.5 Å². The smallest absolute Gasteiger partial charge is 0.243 e. The summed E-state index contributed by atoms with van der Waals surface area (Å²) >= 11 is 0. The second-order valence-corrected chi connectivity index (χ2v) is 8.17. The van der Waals surface area contributed by atoms with Crippen LogP contribution in [0.25, 0.3) is 0 Å². The zero-order valence-corrected chi connectivity index (χ0v) is 12.1. The first-order valence-electron chi connectivity index (χ1n) is 5.26. The normalized spacial score (nSPS) is 14.3. The van der Waals surface area contributed by atoms with Crippen LogP contribution in [0.5, 0.6) is 0 Å². The third-order valence-electron chi connectivity index (χ3n) is 2.15.